The molecule has 1 aromatic carbocycles. The minimum absolute atomic E-state index is 0.000427. The van der Waals surface area contributed by atoms with Crippen LogP contribution in [0.25, 0.3) is 11.5 Å². The van der Waals surface area contributed by atoms with Crippen molar-refractivity contribution in [1.29, 1.82) is 0 Å². The maximum atomic E-state index is 13.0. The molecule has 2 aromatic rings. The van der Waals surface area contributed by atoms with Crippen LogP contribution in [0.1, 0.15) is 31.5 Å². The van der Waals surface area contributed by atoms with Gasteiger partial charge in [0.1, 0.15) is 18.9 Å². The van der Waals surface area contributed by atoms with Crippen molar-refractivity contribution in [1.82, 2.24) is 25.6 Å². The molecule has 1 N–H and O–H groups in total. The first-order valence-corrected chi connectivity index (χ1v) is 9.07. The van der Waals surface area contributed by atoms with Gasteiger partial charge in [0.25, 0.3) is 11.8 Å². The van der Waals surface area contributed by atoms with Gasteiger partial charge in [-0.1, -0.05) is 36.2 Å². The molecule has 3 aliphatic rings. The van der Waals surface area contributed by atoms with E-state index in [1.54, 1.807) is 6.34 Å². The van der Waals surface area contributed by atoms with Crippen molar-refractivity contribution in [2.24, 2.45) is 11.0 Å². The number of fused-ring (bicyclic) bond motifs is 3. The lowest BCUT2D eigenvalue weighted by atomic mass is 9.81. The van der Waals surface area contributed by atoms with Gasteiger partial charge < -0.3 is 4.52 Å². The molecular weight excluding hydrogens is 332 g/mol. The van der Waals surface area contributed by atoms with E-state index in [4.69, 9.17) is 4.52 Å². The summed E-state index contributed by atoms with van der Waals surface area (Å²) in [6.45, 7) is 0.216. The Balaban J connectivity index is 1.33. The average molecular weight is 352 g/mol. The number of benzene rings is 1. The van der Waals surface area contributed by atoms with Crippen LogP contribution in [0, 0.1) is 5.92 Å². The van der Waals surface area contributed by atoms with Crippen LogP contribution in [0.15, 0.2) is 40.0 Å². The minimum atomic E-state index is -0.182. The zero-order valence-corrected chi connectivity index (χ0v) is 14.3. The van der Waals surface area contributed by atoms with Gasteiger partial charge in [-0.2, -0.15) is 10.1 Å². The van der Waals surface area contributed by atoms with Gasteiger partial charge in [0.05, 0.1) is 0 Å². The normalized spacial score (nSPS) is 27.5. The number of carbonyl (C=O) groups excluding carboxylic acids is 1. The van der Waals surface area contributed by atoms with Gasteiger partial charge >= 0.3 is 0 Å². The van der Waals surface area contributed by atoms with Crippen LogP contribution in [0.3, 0.4) is 0 Å². The maximum Gasteiger partial charge on any atom is 0.267 e. The van der Waals surface area contributed by atoms with Crippen LogP contribution in [0.5, 0.6) is 0 Å². The second-order valence-corrected chi connectivity index (χ2v) is 7.04. The monoisotopic (exact) mass is 352 g/mol. The second kappa shape index (κ2) is 6.21. The van der Waals surface area contributed by atoms with Gasteiger partial charge in [0.2, 0.25) is 0 Å². The number of hydrazone groups is 1. The van der Waals surface area contributed by atoms with Gasteiger partial charge in [0, 0.05) is 17.5 Å². The van der Waals surface area contributed by atoms with Crippen molar-refractivity contribution in [2.45, 2.75) is 44.3 Å². The van der Waals surface area contributed by atoms with E-state index in [9.17, 15) is 4.79 Å². The quantitative estimate of drug-likeness (QED) is 0.906. The van der Waals surface area contributed by atoms with Gasteiger partial charge in [-0.15, -0.1) is 0 Å². The maximum absolute atomic E-state index is 13.0. The molecule has 5 rings (SSSR count). The summed E-state index contributed by atoms with van der Waals surface area (Å²) in [6, 6.07) is 9.78. The van der Waals surface area contributed by atoms with E-state index in [0.29, 0.717) is 23.7 Å². The third-order valence-corrected chi connectivity index (χ3v) is 5.44. The molecule has 0 bridgehead atoms. The molecule has 1 aromatic heterocycles. The van der Waals surface area contributed by atoms with E-state index in [1.165, 1.54) is 17.9 Å². The predicted octanol–water partition coefficient (Wildman–Crippen LogP) is 1.77. The standard InChI is InChI=1S/C18H20N6O2/c25-18-16-13-8-4-5-9-14(13)21-24(16)11-19-23(18)10-15-20-17(26-22-15)12-6-2-1-3-7-12/h1-3,6-7,11,13-14,16,21H,4-5,8-10H2. The summed E-state index contributed by atoms with van der Waals surface area (Å²) in [6.07, 6.45) is 6.30. The van der Waals surface area contributed by atoms with E-state index < -0.39 is 0 Å². The lowest BCUT2D eigenvalue weighted by Gasteiger charge is -2.32. The Hall–Kier alpha value is -2.74. The number of carbonyl (C=O) groups is 1. The third-order valence-electron chi connectivity index (χ3n) is 5.44. The molecule has 1 saturated heterocycles. The van der Waals surface area contributed by atoms with Gasteiger partial charge in [-0.25, -0.2) is 10.4 Å². The highest BCUT2D eigenvalue weighted by atomic mass is 16.5. The first kappa shape index (κ1) is 15.5. The molecule has 3 unspecified atom stereocenters. The third kappa shape index (κ3) is 2.57. The first-order valence-electron chi connectivity index (χ1n) is 9.07. The van der Waals surface area contributed by atoms with Crippen molar-refractivity contribution >= 4 is 12.2 Å². The second-order valence-electron chi connectivity index (χ2n) is 7.04. The van der Waals surface area contributed by atoms with Crippen molar-refractivity contribution in [3.8, 4) is 11.5 Å². The highest BCUT2D eigenvalue weighted by Gasteiger charge is 2.48. The summed E-state index contributed by atoms with van der Waals surface area (Å²) in [5.74, 6) is 1.25. The van der Waals surface area contributed by atoms with E-state index in [2.05, 4.69) is 20.7 Å². The largest absolute Gasteiger partial charge is 0.334 e. The molecule has 3 heterocycles. The minimum Gasteiger partial charge on any atom is -0.334 e. The molecule has 0 spiro atoms. The number of nitrogens with one attached hydrogen (secondary N) is 1. The van der Waals surface area contributed by atoms with Crippen LogP contribution < -0.4 is 5.43 Å². The van der Waals surface area contributed by atoms with E-state index in [1.807, 2.05) is 35.3 Å². The van der Waals surface area contributed by atoms with Crippen molar-refractivity contribution in [2.75, 3.05) is 0 Å². The fourth-order valence-electron chi connectivity index (χ4n) is 4.18. The Bertz CT molecular complexity index is 835. The Morgan fingerprint density at radius 2 is 2.04 bits per heavy atom. The number of rotatable bonds is 3. The molecular formula is C18H20N6O2. The van der Waals surface area contributed by atoms with Crippen LogP contribution in [-0.4, -0.2) is 44.5 Å². The number of amides is 1. The summed E-state index contributed by atoms with van der Waals surface area (Å²) in [5.41, 5.74) is 4.28. The lowest BCUT2D eigenvalue weighted by Crippen LogP contribution is -2.52. The summed E-state index contributed by atoms with van der Waals surface area (Å²) in [4.78, 5) is 17.4. The number of hydrazine groups is 1. The van der Waals surface area contributed by atoms with Gasteiger partial charge in [0.15, 0.2) is 5.82 Å². The van der Waals surface area contributed by atoms with Gasteiger partial charge in [-0.05, 0) is 25.0 Å². The Morgan fingerprint density at radius 3 is 2.92 bits per heavy atom. The SMILES string of the molecule is O=C1C2C3CCCCC3NN2C=NN1Cc1noc(-c2ccccc2)n1. The average Bonchev–Trinajstić information content (AvgIpc) is 3.29. The van der Waals surface area contributed by atoms with Crippen LogP contribution in [0.2, 0.25) is 0 Å². The molecule has 0 radical (unpaired) electrons. The fraction of sp³-hybridized carbons (Fsp3) is 0.444. The Morgan fingerprint density at radius 1 is 1.19 bits per heavy atom. The number of aromatic nitrogens is 2. The summed E-state index contributed by atoms with van der Waals surface area (Å²) < 4.78 is 5.33. The molecule has 2 aliphatic heterocycles. The molecule has 3 atom stereocenters. The number of hydrogen-bond acceptors (Lipinski definition) is 7. The van der Waals surface area contributed by atoms with E-state index in [-0.39, 0.29) is 18.5 Å². The fourth-order valence-corrected chi connectivity index (χ4v) is 4.18. The highest BCUT2D eigenvalue weighted by Crippen LogP contribution is 2.35. The molecule has 134 valence electrons. The molecule has 8 nitrogen and oxygen atoms in total. The lowest BCUT2D eigenvalue weighted by molar-refractivity contribution is -0.138. The van der Waals surface area contributed by atoms with Crippen molar-refractivity contribution in [3.05, 3.63) is 36.2 Å². The smallest absolute Gasteiger partial charge is 0.267 e. The molecule has 26 heavy (non-hydrogen) atoms. The van der Waals surface area contributed by atoms with Crippen LogP contribution in [-0.2, 0) is 11.3 Å². The number of nitrogens with zero attached hydrogens (tertiary/aromatic N) is 5. The summed E-state index contributed by atoms with van der Waals surface area (Å²) in [7, 11) is 0. The number of hydrogen-bond donors (Lipinski definition) is 1. The molecule has 1 saturated carbocycles. The first-order chi connectivity index (χ1) is 12.8. The van der Waals surface area contributed by atoms with E-state index in [0.717, 1.165) is 18.4 Å². The van der Waals surface area contributed by atoms with E-state index >= 15 is 0 Å². The van der Waals surface area contributed by atoms with Gasteiger partial charge in [-0.3, -0.25) is 9.80 Å². The topological polar surface area (TPSA) is 86.9 Å². The van der Waals surface area contributed by atoms with Crippen molar-refractivity contribution in [3.63, 3.8) is 0 Å². The molecule has 1 amide bonds. The Kier molecular flexibility index (Phi) is 3.70. The van der Waals surface area contributed by atoms with Crippen molar-refractivity contribution < 1.29 is 9.32 Å². The zero-order chi connectivity index (χ0) is 17.5. The molecule has 1 aliphatic carbocycles. The highest BCUT2D eigenvalue weighted by molar-refractivity contribution is 5.87. The molecule has 2 fully saturated rings. The zero-order valence-electron chi connectivity index (χ0n) is 14.3. The van der Waals surface area contributed by atoms with Crippen LogP contribution >= 0.6 is 0 Å². The predicted molar refractivity (Wildman–Crippen MR) is 93.3 cm³/mol. The summed E-state index contributed by atoms with van der Waals surface area (Å²) in [5, 5.41) is 11.6. The Labute approximate surface area is 150 Å². The molecule has 8 heteroatoms. The summed E-state index contributed by atoms with van der Waals surface area (Å²) >= 11 is 0. The van der Waals surface area contributed by atoms with Crippen LogP contribution in [0.4, 0.5) is 0 Å².